The van der Waals surface area contributed by atoms with Crippen molar-refractivity contribution >= 4 is 27.5 Å². The Kier molecular flexibility index (Phi) is 8.14. The number of anilines is 1. The minimum Gasteiger partial charge on any atom is -0.355 e. The lowest BCUT2D eigenvalue weighted by atomic mass is 10.0. The SMILES string of the molecule is CC(=O)Nc1ccc(S(=O)(=O)N[C@@H](C)C(=O)NCCCc2ccc(C)cc2C)cc1. The first-order valence-corrected chi connectivity index (χ1v) is 11.3. The largest absolute Gasteiger partial charge is 0.355 e. The van der Waals surface area contributed by atoms with E-state index in [9.17, 15) is 18.0 Å². The van der Waals surface area contributed by atoms with Crippen LogP contribution in [-0.4, -0.2) is 32.8 Å². The van der Waals surface area contributed by atoms with Gasteiger partial charge in [-0.2, -0.15) is 4.72 Å². The minimum absolute atomic E-state index is 0.0195. The summed E-state index contributed by atoms with van der Waals surface area (Å²) in [6.07, 6.45) is 1.60. The summed E-state index contributed by atoms with van der Waals surface area (Å²) >= 11 is 0. The van der Waals surface area contributed by atoms with Crippen LogP contribution in [0.5, 0.6) is 0 Å². The van der Waals surface area contributed by atoms with E-state index in [0.717, 1.165) is 12.8 Å². The summed E-state index contributed by atoms with van der Waals surface area (Å²) in [7, 11) is -3.86. The van der Waals surface area contributed by atoms with E-state index in [4.69, 9.17) is 0 Å². The first-order chi connectivity index (χ1) is 14.1. The number of rotatable bonds is 9. The summed E-state index contributed by atoms with van der Waals surface area (Å²) in [4.78, 5) is 23.3. The first-order valence-electron chi connectivity index (χ1n) is 9.82. The van der Waals surface area contributed by atoms with Crippen molar-refractivity contribution in [3.63, 3.8) is 0 Å². The molecule has 1 atom stereocenters. The monoisotopic (exact) mass is 431 g/mol. The van der Waals surface area contributed by atoms with Gasteiger partial charge in [-0.3, -0.25) is 9.59 Å². The maximum absolute atomic E-state index is 12.5. The lowest BCUT2D eigenvalue weighted by molar-refractivity contribution is -0.122. The molecule has 2 aromatic rings. The van der Waals surface area contributed by atoms with E-state index in [1.165, 1.54) is 54.8 Å². The predicted octanol–water partition coefficient (Wildman–Crippen LogP) is 2.68. The van der Waals surface area contributed by atoms with Crippen LogP contribution in [0, 0.1) is 13.8 Å². The van der Waals surface area contributed by atoms with Crippen molar-refractivity contribution in [2.45, 2.75) is 51.5 Å². The zero-order valence-electron chi connectivity index (χ0n) is 17.8. The molecule has 3 N–H and O–H groups in total. The van der Waals surface area contributed by atoms with Gasteiger partial charge in [-0.1, -0.05) is 23.8 Å². The van der Waals surface area contributed by atoms with Gasteiger partial charge >= 0.3 is 0 Å². The molecular weight excluding hydrogens is 402 g/mol. The molecule has 0 aliphatic heterocycles. The molecule has 0 aromatic heterocycles. The number of hydrogen-bond donors (Lipinski definition) is 3. The van der Waals surface area contributed by atoms with Crippen molar-refractivity contribution in [3.05, 3.63) is 59.2 Å². The van der Waals surface area contributed by atoms with E-state index >= 15 is 0 Å². The Balaban J connectivity index is 1.84. The van der Waals surface area contributed by atoms with E-state index < -0.39 is 16.1 Å². The van der Waals surface area contributed by atoms with Gasteiger partial charge < -0.3 is 10.6 Å². The van der Waals surface area contributed by atoms with E-state index in [1.807, 2.05) is 0 Å². The van der Waals surface area contributed by atoms with Crippen molar-refractivity contribution in [1.29, 1.82) is 0 Å². The van der Waals surface area contributed by atoms with Crippen LogP contribution in [0.2, 0.25) is 0 Å². The maximum atomic E-state index is 12.5. The average Bonchev–Trinajstić information content (AvgIpc) is 2.66. The van der Waals surface area contributed by atoms with Gasteiger partial charge in [0, 0.05) is 19.2 Å². The molecule has 0 radical (unpaired) electrons. The van der Waals surface area contributed by atoms with E-state index in [1.54, 1.807) is 0 Å². The van der Waals surface area contributed by atoms with Gasteiger partial charge in [-0.05, 0) is 69.0 Å². The molecule has 2 amide bonds. The number of carbonyl (C=O) groups is 2. The zero-order chi connectivity index (χ0) is 22.3. The Bertz CT molecular complexity index is 1000. The van der Waals surface area contributed by atoms with Gasteiger partial charge in [0.05, 0.1) is 10.9 Å². The molecule has 7 nitrogen and oxygen atoms in total. The highest BCUT2D eigenvalue weighted by Crippen LogP contribution is 2.15. The van der Waals surface area contributed by atoms with Crippen LogP contribution in [0.4, 0.5) is 5.69 Å². The smallest absolute Gasteiger partial charge is 0.241 e. The van der Waals surface area contributed by atoms with E-state index in [2.05, 4.69) is 47.4 Å². The van der Waals surface area contributed by atoms with Crippen molar-refractivity contribution in [1.82, 2.24) is 10.0 Å². The second-order valence-corrected chi connectivity index (χ2v) is 9.09. The van der Waals surface area contributed by atoms with Crippen LogP contribution < -0.4 is 15.4 Å². The lowest BCUT2D eigenvalue weighted by Gasteiger charge is -2.15. The van der Waals surface area contributed by atoms with Crippen LogP contribution in [0.25, 0.3) is 0 Å². The van der Waals surface area contributed by atoms with Gasteiger partial charge in [-0.25, -0.2) is 8.42 Å². The summed E-state index contributed by atoms with van der Waals surface area (Å²) < 4.78 is 27.3. The van der Waals surface area contributed by atoms with Gasteiger partial charge in [-0.15, -0.1) is 0 Å². The van der Waals surface area contributed by atoms with Crippen molar-refractivity contribution in [2.75, 3.05) is 11.9 Å². The van der Waals surface area contributed by atoms with Crippen LogP contribution in [0.15, 0.2) is 47.4 Å². The third-order valence-electron chi connectivity index (χ3n) is 4.63. The molecule has 0 saturated heterocycles. The molecule has 2 rings (SSSR count). The predicted molar refractivity (Wildman–Crippen MR) is 118 cm³/mol. The third kappa shape index (κ3) is 6.96. The highest BCUT2D eigenvalue weighted by atomic mass is 32.2. The minimum atomic E-state index is -3.86. The van der Waals surface area contributed by atoms with Gasteiger partial charge in [0.25, 0.3) is 0 Å². The second-order valence-electron chi connectivity index (χ2n) is 7.37. The molecular formula is C22H29N3O4S. The number of amides is 2. The maximum Gasteiger partial charge on any atom is 0.241 e. The molecule has 8 heteroatoms. The van der Waals surface area contributed by atoms with Crippen molar-refractivity contribution in [3.8, 4) is 0 Å². The Labute approximate surface area is 178 Å². The fraction of sp³-hybridized carbons (Fsp3) is 0.364. The third-order valence-corrected chi connectivity index (χ3v) is 6.19. The number of sulfonamides is 1. The molecule has 0 heterocycles. The summed E-state index contributed by atoms with van der Waals surface area (Å²) in [5.74, 6) is -0.624. The summed E-state index contributed by atoms with van der Waals surface area (Å²) in [5, 5.41) is 5.35. The Morgan fingerprint density at radius 3 is 2.30 bits per heavy atom. The molecule has 162 valence electrons. The molecule has 0 fully saturated rings. The highest BCUT2D eigenvalue weighted by Gasteiger charge is 2.21. The molecule has 0 saturated carbocycles. The van der Waals surface area contributed by atoms with Crippen LogP contribution in [-0.2, 0) is 26.0 Å². The molecule has 0 unspecified atom stereocenters. The normalized spacial score (nSPS) is 12.3. The van der Waals surface area contributed by atoms with E-state index in [0.29, 0.717) is 12.2 Å². The fourth-order valence-electron chi connectivity index (χ4n) is 3.04. The highest BCUT2D eigenvalue weighted by molar-refractivity contribution is 7.89. The summed E-state index contributed by atoms with van der Waals surface area (Å²) in [6, 6.07) is 11.1. The fourth-order valence-corrected chi connectivity index (χ4v) is 4.25. The zero-order valence-corrected chi connectivity index (χ0v) is 18.6. The van der Waals surface area contributed by atoms with Crippen LogP contribution in [0.3, 0.4) is 0 Å². The molecule has 2 aromatic carbocycles. The summed E-state index contributed by atoms with van der Waals surface area (Å²) in [6.45, 7) is 7.46. The quantitative estimate of drug-likeness (QED) is 0.531. The van der Waals surface area contributed by atoms with Crippen LogP contribution >= 0.6 is 0 Å². The number of benzene rings is 2. The Morgan fingerprint density at radius 1 is 1.03 bits per heavy atom. The second kappa shape index (κ2) is 10.4. The van der Waals surface area contributed by atoms with Gasteiger partial charge in [0.15, 0.2) is 0 Å². The topological polar surface area (TPSA) is 104 Å². The van der Waals surface area contributed by atoms with E-state index in [-0.39, 0.29) is 16.7 Å². The molecule has 0 aliphatic carbocycles. The number of aryl methyl sites for hydroxylation is 3. The summed E-state index contributed by atoms with van der Waals surface area (Å²) in [5.41, 5.74) is 4.18. The van der Waals surface area contributed by atoms with Gasteiger partial charge in [0.2, 0.25) is 21.8 Å². The van der Waals surface area contributed by atoms with Crippen molar-refractivity contribution < 1.29 is 18.0 Å². The standard InChI is InChI=1S/C22H29N3O4S/c1-15-7-8-19(16(2)14-15)6-5-13-23-22(27)17(3)25-30(28,29)21-11-9-20(10-12-21)24-18(4)26/h7-12,14,17,25H,5-6,13H2,1-4H3,(H,23,27)(H,24,26)/t17-/m0/s1. The van der Waals surface area contributed by atoms with Gasteiger partial charge in [0.1, 0.15) is 0 Å². The number of carbonyl (C=O) groups excluding carboxylic acids is 2. The Morgan fingerprint density at radius 2 is 1.70 bits per heavy atom. The molecule has 0 aliphatic rings. The molecule has 30 heavy (non-hydrogen) atoms. The average molecular weight is 432 g/mol. The lowest BCUT2D eigenvalue weighted by Crippen LogP contribution is -2.45. The Hall–Kier alpha value is -2.71. The first kappa shape index (κ1) is 23.6. The van der Waals surface area contributed by atoms with Crippen LogP contribution in [0.1, 0.15) is 37.0 Å². The number of nitrogens with one attached hydrogen (secondary N) is 3. The molecule has 0 spiro atoms. The number of hydrogen-bond acceptors (Lipinski definition) is 4. The molecule has 0 bridgehead atoms. The van der Waals surface area contributed by atoms with Crippen molar-refractivity contribution in [2.24, 2.45) is 0 Å².